The molecule has 3 nitrogen and oxygen atoms in total. The molecule has 0 saturated heterocycles. The lowest BCUT2D eigenvalue weighted by molar-refractivity contribution is -0.137. The summed E-state index contributed by atoms with van der Waals surface area (Å²) in [5.41, 5.74) is 0.547. The van der Waals surface area contributed by atoms with Gasteiger partial charge in [-0.2, -0.15) is 23.7 Å². The Balaban J connectivity index is 2.33. The van der Waals surface area contributed by atoms with Gasteiger partial charge in [-0.05, 0) is 35.9 Å². The van der Waals surface area contributed by atoms with E-state index in [0.29, 0.717) is 17.3 Å². The molecule has 0 aliphatic heterocycles. The maximum Gasteiger partial charge on any atom is 0.417 e. The van der Waals surface area contributed by atoms with Gasteiger partial charge in [-0.3, -0.25) is 4.98 Å². The van der Waals surface area contributed by atoms with E-state index in [1.807, 2.05) is 12.1 Å². The highest BCUT2D eigenvalue weighted by Crippen LogP contribution is 2.29. The van der Waals surface area contributed by atoms with Crippen LogP contribution in [0, 0.1) is 22.7 Å². The highest BCUT2D eigenvalue weighted by molar-refractivity contribution is 5.88. The number of allylic oxidation sites excluding steroid dienone is 1. The molecule has 0 radical (unpaired) electrons. The summed E-state index contributed by atoms with van der Waals surface area (Å²) in [6.07, 6.45) is -2.27. The average molecular weight is 299 g/mol. The van der Waals surface area contributed by atoms with Crippen molar-refractivity contribution in [3.05, 3.63) is 65.0 Å². The van der Waals surface area contributed by atoms with Crippen molar-refractivity contribution in [1.82, 2.24) is 4.98 Å². The van der Waals surface area contributed by atoms with E-state index in [2.05, 4.69) is 4.98 Å². The van der Waals surface area contributed by atoms with Crippen molar-refractivity contribution in [2.24, 2.45) is 0 Å². The molecule has 2 rings (SSSR count). The Kier molecular flexibility index (Phi) is 4.24. The topological polar surface area (TPSA) is 60.5 Å². The van der Waals surface area contributed by atoms with Crippen LogP contribution in [0.1, 0.15) is 22.4 Å². The van der Waals surface area contributed by atoms with E-state index in [-0.39, 0.29) is 11.3 Å². The van der Waals surface area contributed by atoms with Gasteiger partial charge in [-0.15, -0.1) is 0 Å². The van der Waals surface area contributed by atoms with Gasteiger partial charge in [0.05, 0.1) is 28.5 Å². The molecule has 1 aromatic carbocycles. The second-order valence-electron chi connectivity index (χ2n) is 4.33. The summed E-state index contributed by atoms with van der Waals surface area (Å²) >= 11 is 0. The number of pyridine rings is 1. The molecule has 1 aromatic heterocycles. The quantitative estimate of drug-likeness (QED) is 0.786. The van der Waals surface area contributed by atoms with Crippen LogP contribution in [0.4, 0.5) is 13.2 Å². The standard InChI is InChI=1S/C16H8F3N3/c17-16(18,19)14-5-6-15(22-10-14)13(9-21)7-11-1-3-12(8-20)4-2-11/h1-7,10H. The Morgan fingerprint density at radius 2 is 1.73 bits per heavy atom. The zero-order valence-corrected chi connectivity index (χ0v) is 11.1. The Morgan fingerprint density at radius 1 is 1.05 bits per heavy atom. The van der Waals surface area contributed by atoms with Crippen LogP contribution in [0.25, 0.3) is 11.6 Å². The molecule has 0 bridgehead atoms. The fourth-order valence-electron chi connectivity index (χ4n) is 1.70. The number of halogens is 3. The van der Waals surface area contributed by atoms with E-state index >= 15 is 0 Å². The van der Waals surface area contributed by atoms with Crippen LogP contribution >= 0.6 is 0 Å². The number of hydrogen-bond acceptors (Lipinski definition) is 3. The van der Waals surface area contributed by atoms with Crippen molar-refractivity contribution >= 4 is 11.6 Å². The van der Waals surface area contributed by atoms with Gasteiger partial charge in [-0.25, -0.2) is 0 Å². The van der Waals surface area contributed by atoms with Gasteiger partial charge < -0.3 is 0 Å². The van der Waals surface area contributed by atoms with E-state index in [9.17, 15) is 13.2 Å². The van der Waals surface area contributed by atoms with Crippen LogP contribution in [0.2, 0.25) is 0 Å². The molecule has 0 aliphatic rings. The summed E-state index contributed by atoms with van der Waals surface area (Å²) in [6, 6.07) is 12.4. The zero-order valence-electron chi connectivity index (χ0n) is 11.1. The van der Waals surface area contributed by atoms with E-state index in [0.717, 1.165) is 12.1 Å². The smallest absolute Gasteiger partial charge is 0.255 e. The Morgan fingerprint density at radius 3 is 2.18 bits per heavy atom. The van der Waals surface area contributed by atoms with Gasteiger partial charge >= 0.3 is 6.18 Å². The van der Waals surface area contributed by atoms with Crippen molar-refractivity contribution in [2.75, 3.05) is 0 Å². The summed E-state index contributed by atoms with van der Waals surface area (Å²) in [5.74, 6) is 0. The minimum atomic E-state index is -4.46. The normalized spacial score (nSPS) is 11.6. The first kappa shape index (κ1) is 15.3. The Bertz CT molecular complexity index is 774. The Labute approximate surface area is 124 Å². The lowest BCUT2D eigenvalue weighted by Crippen LogP contribution is -2.05. The lowest BCUT2D eigenvalue weighted by atomic mass is 10.1. The highest BCUT2D eigenvalue weighted by atomic mass is 19.4. The molecule has 0 fully saturated rings. The number of nitriles is 2. The molecule has 2 aromatic rings. The minimum absolute atomic E-state index is 0.137. The predicted octanol–water partition coefficient (Wildman–Crippen LogP) is 4.04. The van der Waals surface area contributed by atoms with Crippen molar-refractivity contribution in [1.29, 1.82) is 10.5 Å². The molecular formula is C16H8F3N3. The molecule has 0 unspecified atom stereocenters. The van der Waals surface area contributed by atoms with Gasteiger partial charge in [0.25, 0.3) is 0 Å². The van der Waals surface area contributed by atoms with Gasteiger partial charge in [0.1, 0.15) is 6.07 Å². The molecule has 1 heterocycles. The maximum atomic E-state index is 12.5. The molecule has 0 amide bonds. The SMILES string of the molecule is N#CC(=Cc1ccc(C#N)cc1)c1ccc(C(F)(F)F)cn1. The largest absolute Gasteiger partial charge is 0.417 e. The minimum Gasteiger partial charge on any atom is -0.255 e. The number of rotatable bonds is 2. The molecule has 0 aliphatic carbocycles. The monoisotopic (exact) mass is 299 g/mol. The van der Waals surface area contributed by atoms with Crippen LogP contribution in [0.3, 0.4) is 0 Å². The van der Waals surface area contributed by atoms with E-state index in [1.165, 1.54) is 6.08 Å². The zero-order chi connectivity index (χ0) is 16.2. The van der Waals surface area contributed by atoms with Crippen molar-refractivity contribution in [2.45, 2.75) is 6.18 Å². The molecule has 22 heavy (non-hydrogen) atoms. The van der Waals surface area contributed by atoms with E-state index < -0.39 is 11.7 Å². The van der Waals surface area contributed by atoms with Gasteiger partial charge in [0.15, 0.2) is 0 Å². The van der Waals surface area contributed by atoms with Crippen LogP contribution in [0.5, 0.6) is 0 Å². The number of aromatic nitrogens is 1. The first-order valence-electron chi connectivity index (χ1n) is 6.09. The molecule has 0 saturated carbocycles. The first-order chi connectivity index (χ1) is 10.4. The number of benzene rings is 1. The third kappa shape index (κ3) is 3.50. The fourth-order valence-corrected chi connectivity index (χ4v) is 1.70. The molecule has 108 valence electrons. The van der Waals surface area contributed by atoms with Gasteiger partial charge in [-0.1, -0.05) is 12.1 Å². The summed E-state index contributed by atoms with van der Waals surface area (Å²) in [6.45, 7) is 0. The van der Waals surface area contributed by atoms with Gasteiger partial charge in [0, 0.05) is 6.20 Å². The molecular weight excluding hydrogens is 291 g/mol. The fraction of sp³-hybridized carbons (Fsp3) is 0.0625. The summed E-state index contributed by atoms with van der Waals surface area (Å²) in [7, 11) is 0. The molecule has 0 spiro atoms. The number of nitrogens with zero attached hydrogens (tertiary/aromatic N) is 3. The van der Waals surface area contributed by atoms with Crippen LogP contribution in [0.15, 0.2) is 42.6 Å². The van der Waals surface area contributed by atoms with E-state index in [1.54, 1.807) is 24.3 Å². The summed E-state index contributed by atoms with van der Waals surface area (Å²) in [4.78, 5) is 3.68. The second-order valence-corrected chi connectivity index (χ2v) is 4.33. The van der Waals surface area contributed by atoms with Crippen molar-refractivity contribution in [3.8, 4) is 12.1 Å². The van der Waals surface area contributed by atoms with Crippen LogP contribution in [-0.4, -0.2) is 4.98 Å². The molecule has 0 atom stereocenters. The number of alkyl halides is 3. The first-order valence-corrected chi connectivity index (χ1v) is 6.09. The highest BCUT2D eigenvalue weighted by Gasteiger charge is 2.30. The van der Waals surface area contributed by atoms with Crippen LogP contribution in [-0.2, 0) is 6.18 Å². The Hall–Kier alpha value is -3.12. The van der Waals surface area contributed by atoms with Crippen molar-refractivity contribution in [3.63, 3.8) is 0 Å². The van der Waals surface area contributed by atoms with E-state index in [4.69, 9.17) is 10.5 Å². The third-order valence-corrected chi connectivity index (χ3v) is 2.84. The predicted molar refractivity (Wildman–Crippen MR) is 73.9 cm³/mol. The lowest BCUT2D eigenvalue weighted by Gasteiger charge is -2.06. The second kappa shape index (κ2) is 6.11. The molecule has 0 N–H and O–H groups in total. The third-order valence-electron chi connectivity index (χ3n) is 2.84. The molecule has 6 heteroatoms. The van der Waals surface area contributed by atoms with Crippen LogP contribution < -0.4 is 0 Å². The van der Waals surface area contributed by atoms with Gasteiger partial charge in [0.2, 0.25) is 0 Å². The van der Waals surface area contributed by atoms with Crippen molar-refractivity contribution < 1.29 is 13.2 Å². The maximum absolute atomic E-state index is 12.5. The number of hydrogen-bond donors (Lipinski definition) is 0. The summed E-state index contributed by atoms with van der Waals surface area (Å²) < 4.78 is 37.4. The summed E-state index contributed by atoms with van der Waals surface area (Å²) in [5, 5.41) is 17.8. The average Bonchev–Trinajstić information content (AvgIpc) is 2.52.